The second-order valence-corrected chi connectivity index (χ2v) is 8.34. The Morgan fingerprint density at radius 2 is 1.72 bits per heavy atom. The van der Waals surface area contributed by atoms with E-state index in [0.29, 0.717) is 35.6 Å². The van der Waals surface area contributed by atoms with Gasteiger partial charge in [-0.25, -0.2) is 0 Å². The zero-order chi connectivity index (χ0) is 23.1. The maximum absolute atomic E-state index is 12.7. The Balaban J connectivity index is 1.62. The first kappa shape index (κ1) is 23.4. The number of ether oxygens (including phenoxy) is 2. The van der Waals surface area contributed by atoms with Crippen LogP contribution in [0.4, 0.5) is 5.69 Å². The van der Waals surface area contributed by atoms with Gasteiger partial charge in [0.25, 0.3) is 0 Å². The van der Waals surface area contributed by atoms with Crippen molar-refractivity contribution < 1.29 is 29.0 Å². The van der Waals surface area contributed by atoms with E-state index in [1.165, 1.54) is 26.0 Å². The molecule has 2 aromatic carbocycles. The van der Waals surface area contributed by atoms with E-state index < -0.39 is 17.8 Å². The van der Waals surface area contributed by atoms with Crippen LogP contribution >= 0.6 is 11.8 Å². The Kier molecular flexibility index (Phi) is 7.94. The van der Waals surface area contributed by atoms with E-state index >= 15 is 0 Å². The normalized spacial score (nSPS) is 17.4. The summed E-state index contributed by atoms with van der Waals surface area (Å²) in [7, 11) is 3.05. The van der Waals surface area contributed by atoms with Crippen LogP contribution in [0.3, 0.4) is 0 Å². The van der Waals surface area contributed by atoms with Gasteiger partial charge in [-0.3, -0.25) is 14.4 Å². The van der Waals surface area contributed by atoms with Crippen LogP contribution in [0.2, 0.25) is 0 Å². The quantitative estimate of drug-likeness (QED) is 0.330. The summed E-state index contributed by atoms with van der Waals surface area (Å²) < 4.78 is 10.4. The van der Waals surface area contributed by atoms with Gasteiger partial charge >= 0.3 is 5.97 Å². The highest BCUT2D eigenvalue weighted by molar-refractivity contribution is 8.00. The van der Waals surface area contributed by atoms with Gasteiger partial charge in [0.15, 0.2) is 17.3 Å². The number of ketones is 1. The summed E-state index contributed by atoms with van der Waals surface area (Å²) in [6.45, 7) is 0. The molecule has 0 bridgehead atoms. The molecule has 7 nitrogen and oxygen atoms in total. The first-order valence-electron chi connectivity index (χ1n) is 10.1. The molecule has 0 aliphatic heterocycles. The Hall–Kier alpha value is -3.26. The molecule has 0 saturated carbocycles. The number of methoxy groups -OCH3 is 2. The van der Waals surface area contributed by atoms with Crippen molar-refractivity contribution in [2.45, 2.75) is 17.7 Å². The molecule has 0 spiro atoms. The van der Waals surface area contributed by atoms with Crippen molar-refractivity contribution >= 4 is 35.1 Å². The minimum Gasteiger partial charge on any atom is -0.493 e. The van der Waals surface area contributed by atoms with Crippen LogP contribution < -0.4 is 14.8 Å². The molecule has 2 unspecified atom stereocenters. The van der Waals surface area contributed by atoms with E-state index in [-0.39, 0.29) is 17.4 Å². The lowest BCUT2D eigenvalue weighted by Crippen LogP contribution is -2.34. The lowest BCUT2D eigenvalue weighted by atomic mass is 9.82. The number of nitrogens with one attached hydrogen (secondary N) is 1. The molecule has 1 amide bonds. The van der Waals surface area contributed by atoms with Crippen molar-refractivity contribution in [1.82, 2.24) is 0 Å². The number of Topliss-reactive ketones (excluding diaryl/α,β-unsaturated/α-hetero) is 1. The molecule has 2 aromatic rings. The molecule has 0 saturated heterocycles. The van der Waals surface area contributed by atoms with Gasteiger partial charge in [-0.15, -0.1) is 11.8 Å². The highest BCUT2D eigenvalue weighted by Gasteiger charge is 2.33. The fourth-order valence-electron chi connectivity index (χ4n) is 3.52. The summed E-state index contributed by atoms with van der Waals surface area (Å²) in [5, 5.41) is 12.2. The topological polar surface area (TPSA) is 102 Å². The second-order valence-electron chi connectivity index (χ2n) is 7.29. The molecule has 8 heteroatoms. The maximum Gasteiger partial charge on any atom is 0.307 e. The van der Waals surface area contributed by atoms with E-state index in [2.05, 4.69) is 5.32 Å². The first-order chi connectivity index (χ1) is 15.4. The fraction of sp³-hybridized carbons (Fsp3) is 0.292. The van der Waals surface area contributed by atoms with Crippen molar-refractivity contribution in [3.05, 3.63) is 60.2 Å². The minimum atomic E-state index is -0.965. The molecule has 0 radical (unpaired) electrons. The fourth-order valence-corrected chi connectivity index (χ4v) is 4.37. The summed E-state index contributed by atoms with van der Waals surface area (Å²) in [5.74, 6) is -1.43. The third-order valence-electron chi connectivity index (χ3n) is 5.26. The average Bonchev–Trinajstić information content (AvgIpc) is 2.82. The number of benzene rings is 2. The Morgan fingerprint density at radius 3 is 2.41 bits per heavy atom. The smallest absolute Gasteiger partial charge is 0.307 e. The van der Waals surface area contributed by atoms with Gasteiger partial charge < -0.3 is 19.9 Å². The van der Waals surface area contributed by atoms with Gasteiger partial charge in [0.05, 0.1) is 31.8 Å². The van der Waals surface area contributed by atoms with E-state index in [9.17, 15) is 19.5 Å². The standard InChI is InChI=1S/C24H25NO6S/c1-30-21-11-10-15(12-22(21)31-2)20(26)14-32-17-7-5-6-16(13-17)25-23(27)18-8-3-4-9-19(18)24(28)29/h3-7,10-13,18-19H,8-9,14H2,1-2H3,(H,25,27)(H,28,29). The summed E-state index contributed by atoms with van der Waals surface area (Å²) in [4.78, 5) is 37.5. The second kappa shape index (κ2) is 10.9. The number of hydrogen-bond donors (Lipinski definition) is 2. The van der Waals surface area contributed by atoms with Gasteiger partial charge in [0.1, 0.15) is 0 Å². The summed E-state index contributed by atoms with van der Waals surface area (Å²) in [6.07, 6.45) is 4.39. The number of amides is 1. The van der Waals surface area contributed by atoms with Crippen LogP contribution in [0.1, 0.15) is 23.2 Å². The number of hydrogen-bond acceptors (Lipinski definition) is 6. The van der Waals surface area contributed by atoms with Crippen molar-refractivity contribution in [2.75, 3.05) is 25.3 Å². The summed E-state index contributed by atoms with van der Waals surface area (Å²) in [5.41, 5.74) is 1.09. The summed E-state index contributed by atoms with van der Waals surface area (Å²) in [6, 6.07) is 12.2. The molecule has 2 atom stereocenters. The Bertz CT molecular complexity index is 1030. The van der Waals surface area contributed by atoms with Crippen molar-refractivity contribution in [1.29, 1.82) is 0 Å². The third-order valence-corrected chi connectivity index (χ3v) is 6.26. The Morgan fingerprint density at radius 1 is 1.00 bits per heavy atom. The number of anilines is 1. The van der Waals surface area contributed by atoms with Gasteiger partial charge in [0.2, 0.25) is 5.91 Å². The SMILES string of the molecule is COc1ccc(C(=O)CSc2cccc(NC(=O)C3CC=CCC3C(=O)O)c2)cc1OC. The molecule has 168 valence electrons. The van der Waals surface area contributed by atoms with E-state index in [0.717, 1.165) is 4.90 Å². The number of carbonyl (C=O) groups excluding carboxylic acids is 2. The molecule has 1 aliphatic rings. The molecular weight excluding hydrogens is 430 g/mol. The van der Waals surface area contributed by atoms with Crippen LogP contribution in [0.25, 0.3) is 0 Å². The van der Waals surface area contributed by atoms with Gasteiger partial charge in [-0.2, -0.15) is 0 Å². The molecular formula is C24H25NO6S. The zero-order valence-electron chi connectivity index (χ0n) is 17.9. The van der Waals surface area contributed by atoms with Crippen LogP contribution in [-0.4, -0.2) is 42.7 Å². The largest absolute Gasteiger partial charge is 0.493 e. The lowest BCUT2D eigenvalue weighted by molar-refractivity contribution is -0.146. The van der Waals surface area contributed by atoms with E-state index in [1.54, 1.807) is 42.5 Å². The van der Waals surface area contributed by atoms with Gasteiger partial charge in [0, 0.05) is 16.1 Å². The number of allylic oxidation sites excluding steroid dienone is 2. The summed E-state index contributed by atoms with van der Waals surface area (Å²) >= 11 is 1.35. The molecule has 1 aliphatic carbocycles. The van der Waals surface area contributed by atoms with Crippen LogP contribution in [0, 0.1) is 11.8 Å². The first-order valence-corrected chi connectivity index (χ1v) is 11.1. The number of rotatable bonds is 9. The third kappa shape index (κ3) is 5.70. The monoisotopic (exact) mass is 455 g/mol. The predicted molar refractivity (Wildman–Crippen MR) is 123 cm³/mol. The van der Waals surface area contributed by atoms with Crippen LogP contribution in [-0.2, 0) is 9.59 Å². The molecule has 3 rings (SSSR count). The molecule has 0 aromatic heterocycles. The minimum absolute atomic E-state index is 0.0660. The lowest BCUT2D eigenvalue weighted by Gasteiger charge is -2.24. The maximum atomic E-state index is 12.7. The highest BCUT2D eigenvalue weighted by Crippen LogP contribution is 2.30. The number of carboxylic acid groups (broad SMARTS) is 1. The van der Waals surface area contributed by atoms with Crippen molar-refractivity contribution in [2.24, 2.45) is 11.8 Å². The molecule has 32 heavy (non-hydrogen) atoms. The van der Waals surface area contributed by atoms with Gasteiger partial charge in [-0.05, 0) is 49.2 Å². The van der Waals surface area contributed by atoms with Gasteiger partial charge in [-0.1, -0.05) is 18.2 Å². The number of carbonyl (C=O) groups is 3. The zero-order valence-corrected chi connectivity index (χ0v) is 18.7. The Labute approximate surface area is 190 Å². The molecule has 0 heterocycles. The van der Waals surface area contributed by atoms with Crippen LogP contribution in [0.5, 0.6) is 11.5 Å². The van der Waals surface area contributed by atoms with Crippen LogP contribution in [0.15, 0.2) is 59.5 Å². The van der Waals surface area contributed by atoms with E-state index in [4.69, 9.17) is 9.47 Å². The predicted octanol–water partition coefficient (Wildman–Crippen LogP) is 4.28. The molecule has 0 fully saturated rings. The van der Waals surface area contributed by atoms with Crippen molar-refractivity contribution in [3.8, 4) is 11.5 Å². The molecule has 2 N–H and O–H groups in total. The number of aliphatic carboxylic acids is 1. The number of carboxylic acids is 1. The number of thioether (sulfide) groups is 1. The highest BCUT2D eigenvalue weighted by atomic mass is 32.2. The van der Waals surface area contributed by atoms with E-state index in [1.807, 2.05) is 12.1 Å². The average molecular weight is 456 g/mol. The van der Waals surface area contributed by atoms with Crippen molar-refractivity contribution in [3.63, 3.8) is 0 Å².